The molecule has 0 spiro atoms. The lowest BCUT2D eigenvalue weighted by Crippen LogP contribution is -2.41. The van der Waals surface area contributed by atoms with E-state index in [-0.39, 0.29) is 11.8 Å². The molecule has 3 N–H and O–H groups in total. The highest BCUT2D eigenvalue weighted by atomic mass is 35.5. The smallest absolute Gasteiger partial charge is 0.252 e. The molecule has 0 fully saturated rings. The van der Waals surface area contributed by atoms with Gasteiger partial charge in [-0.25, -0.2) is 0 Å². The van der Waals surface area contributed by atoms with Gasteiger partial charge in [-0.05, 0) is 61.0 Å². The van der Waals surface area contributed by atoms with Crippen molar-refractivity contribution in [1.82, 2.24) is 10.6 Å². The van der Waals surface area contributed by atoms with Crippen molar-refractivity contribution in [2.24, 2.45) is 0 Å². The number of rotatable bonds is 9. The maximum Gasteiger partial charge on any atom is 0.252 e. The van der Waals surface area contributed by atoms with Crippen molar-refractivity contribution in [3.63, 3.8) is 0 Å². The number of amides is 2. The maximum atomic E-state index is 13.0. The minimum atomic E-state index is -0.846. The highest BCUT2D eigenvalue weighted by Gasteiger charge is 2.23. The molecule has 0 aliphatic carbocycles. The molecule has 0 radical (unpaired) electrons. The predicted octanol–water partition coefficient (Wildman–Crippen LogP) is 4.36. The number of hydrogen-bond acceptors (Lipinski definition) is 4. The zero-order chi connectivity index (χ0) is 22.9. The maximum absolute atomic E-state index is 13.0. The number of aryl methyl sites for hydroxylation is 1. The molecule has 0 aliphatic heterocycles. The van der Waals surface area contributed by atoms with Crippen LogP contribution in [0.5, 0.6) is 5.75 Å². The van der Waals surface area contributed by atoms with E-state index in [0.29, 0.717) is 29.2 Å². The van der Waals surface area contributed by atoms with Crippen LogP contribution in [0.1, 0.15) is 27.5 Å². The summed E-state index contributed by atoms with van der Waals surface area (Å²) in [6.07, 6.45) is 0. The Kier molecular flexibility index (Phi) is 8.11. The molecule has 7 heteroatoms. The largest absolute Gasteiger partial charge is 0.497 e. The predicted molar refractivity (Wildman–Crippen MR) is 127 cm³/mol. The average Bonchev–Trinajstić information content (AvgIpc) is 2.81. The quantitative estimate of drug-likeness (QED) is 0.422. The summed E-state index contributed by atoms with van der Waals surface area (Å²) >= 11 is 5.99. The Balaban J connectivity index is 1.63. The van der Waals surface area contributed by atoms with E-state index in [1.807, 2.05) is 43.3 Å². The van der Waals surface area contributed by atoms with Gasteiger partial charge in [-0.3, -0.25) is 9.59 Å². The van der Waals surface area contributed by atoms with Crippen LogP contribution in [0.2, 0.25) is 5.02 Å². The molecule has 0 aromatic heterocycles. The van der Waals surface area contributed by atoms with Crippen molar-refractivity contribution in [2.45, 2.75) is 13.0 Å². The van der Waals surface area contributed by atoms with Crippen LogP contribution in [0, 0.1) is 6.92 Å². The molecule has 3 rings (SSSR count). The van der Waals surface area contributed by atoms with Gasteiger partial charge in [-0.2, -0.15) is 0 Å². The number of carbonyl (C=O) groups excluding carboxylic acids is 2. The average molecular weight is 452 g/mol. The van der Waals surface area contributed by atoms with Gasteiger partial charge >= 0.3 is 0 Å². The van der Waals surface area contributed by atoms with E-state index in [2.05, 4.69) is 16.0 Å². The molecule has 0 heterocycles. The third-order valence-electron chi connectivity index (χ3n) is 4.86. The number of halogens is 1. The van der Waals surface area contributed by atoms with Crippen LogP contribution >= 0.6 is 11.6 Å². The molecular weight excluding hydrogens is 426 g/mol. The van der Waals surface area contributed by atoms with E-state index in [9.17, 15) is 9.59 Å². The van der Waals surface area contributed by atoms with E-state index in [1.54, 1.807) is 43.5 Å². The monoisotopic (exact) mass is 451 g/mol. The van der Waals surface area contributed by atoms with Crippen LogP contribution < -0.4 is 20.7 Å². The Morgan fingerprint density at radius 3 is 2.34 bits per heavy atom. The summed E-state index contributed by atoms with van der Waals surface area (Å²) < 4.78 is 5.14. The third kappa shape index (κ3) is 6.49. The lowest BCUT2D eigenvalue weighted by molar-refractivity contribution is -0.123. The molecule has 2 amide bonds. The highest BCUT2D eigenvalue weighted by molar-refractivity contribution is 6.30. The van der Waals surface area contributed by atoms with Gasteiger partial charge in [0.2, 0.25) is 5.91 Å². The van der Waals surface area contributed by atoms with Crippen molar-refractivity contribution in [3.8, 4) is 5.75 Å². The number of anilines is 1. The van der Waals surface area contributed by atoms with Crippen molar-refractivity contribution in [2.75, 3.05) is 25.5 Å². The third-order valence-corrected chi connectivity index (χ3v) is 5.12. The van der Waals surface area contributed by atoms with Crippen LogP contribution in [0.15, 0.2) is 72.8 Å². The number of benzene rings is 3. The Labute approximate surface area is 192 Å². The Morgan fingerprint density at radius 1 is 0.969 bits per heavy atom. The molecular formula is C25H26ClN3O3. The van der Waals surface area contributed by atoms with Crippen LogP contribution in [0.25, 0.3) is 0 Å². The van der Waals surface area contributed by atoms with Crippen molar-refractivity contribution >= 4 is 29.1 Å². The zero-order valence-electron chi connectivity index (χ0n) is 18.0. The van der Waals surface area contributed by atoms with E-state index in [0.717, 1.165) is 17.0 Å². The van der Waals surface area contributed by atoms with Gasteiger partial charge in [-0.1, -0.05) is 41.4 Å². The van der Waals surface area contributed by atoms with Crippen LogP contribution in [0.4, 0.5) is 5.69 Å². The van der Waals surface area contributed by atoms with Gasteiger partial charge in [0.15, 0.2) is 0 Å². The van der Waals surface area contributed by atoms with E-state index >= 15 is 0 Å². The molecule has 3 aromatic carbocycles. The second-order valence-corrected chi connectivity index (χ2v) is 7.71. The van der Waals surface area contributed by atoms with Gasteiger partial charge in [0.05, 0.1) is 7.11 Å². The van der Waals surface area contributed by atoms with E-state index < -0.39 is 6.04 Å². The van der Waals surface area contributed by atoms with E-state index in [4.69, 9.17) is 16.3 Å². The first-order chi connectivity index (χ1) is 15.5. The van der Waals surface area contributed by atoms with Crippen LogP contribution in [-0.4, -0.2) is 32.0 Å². The summed E-state index contributed by atoms with van der Waals surface area (Å²) in [5.74, 6) is 0.157. The molecule has 3 aromatic rings. The second-order valence-electron chi connectivity index (χ2n) is 7.27. The number of carbonyl (C=O) groups is 2. The molecule has 0 saturated carbocycles. The number of methoxy groups -OCH3 is 1. The molecule has 1 atom stereocenters. The summed E-state index contributed by atoms with van der Waals surface area (Å²) in [6.45, 7) is 2.82. The summed E-state index contributed by atoms with van der Waals surface area (Å²) in [5.41, 5.74) is 3.03. The first kappa shape index (κ1) is 23.2. The highest BCUT2D eigenvalue weighted by Crippen LogP contribution is 2.18. The van der Waals surface area contributed by atoms with Gasteiger partial charge < -0.3 is 20.7 Å². The van der Waals surface area contributed by atoms with Gasteiger partial charge in [0, 0.05) is 29.4 Å². The number of nitrogens with one attached hydrogen (secondary N) is 3. The summed E-state index contributed by atoms with van der Waals surface area (Å²) in [4.78, 5) is 25.7. The first-order valence-corrected chi connectivity index (χ1v) is 10.6. The number of hydrogen-bond donors (Lipinski definition) is 3. The fourth-order valence-electron chi connectivity index (χ4n) is 3.16. The SMILES string of the molecule is COc1ccc(NCCNC(=O)C(NC(=O)c2cccc(C)c2)c2ccc(Cl)cc2)cc1. The van der Waals surface area contributed by atoms with Crippen molar-refractivity contribution < 1.29 is 14.3 Å². The molecule has 32 heavy (non-hydrogen) atoms. The van der Waals surface area contributed by atoms with Crippen molar-refractivity contribution in [3.05, 3.63) is 94.5 Å². The lowest BCUT2D eigenvalue weighted by atomic mass is 10.0. The molecule has 6 nitrogen and oxygen atoms in total. The molecule has 0 saturated heterocycles. The van der Waals surface area contributed by atoms with Gasteiger partial charge in [0.25, 0.3) is 5.91 Å². The van der Waals surface area contributed by atoms with Crippen LogP contribution in [-0.2, 0) is 4.79 Å². The second kappa shape index (κ2) is 11.2. The Morgan fingerprint density at radius 2 is 1.69 bits per heavy atom. The molecule has 0 aliphatic rings. The standard InChI is InChI=1S/C25H26ClN3O3/c1-17-4-3-5-19(16-17)24(30)29-23(18-6-8-20(26)9-7-18)25(31)28-15-14-27-21-10-12-22(32-2)13-11-21/h3-13,16,23,27H,14-15H2,1-2H3,(H,28,31)(H,29,30). The minimum Gasteiger partial charge on any atom is -0.497 e. The summed E-state index contributed by atoms with van der Waals surface area (Å²) in [7, 11) is 1.62. The summed E-state index contributed by atoms with van der Waals surface area (Å²) in [5, 5.41) is 9.51. The fourth-order valence-corrected chi connectivity index (χ4v) is 3.29. The molecule has 166 valence electrons. The molecule has 0 bridgehead atoms. The Bertz CT molecular complexity index is 1050. The summed E-state index contributed by atoms with van der Waals surface area (Å²) in [6, 6.07) is 20.8. The lowest BCUT2D eigenvalue weighted by Gasteiger charge is -2.19. The first-order valence-electron chi connectivity index (χ1n) is 10.2. The number of ether oxygens (including phenoxy) is 1. The van der Waals surface area contributed by atoms with E-state index in [1.165, 1.54) is 0 Å². The van der Waals surface area contributed by atoms with Gasteiger partial charge in [-0.15, -0.1) is 0 Å². The molecule has 1 unspecified atom stereocenters. The van der Waals surface area contributed by atoms with Crippen molar-refractivity contribution in [1.29, 1.82) is 0 Å². The van der Waals surface area contributed by atoms with Crippen LogP contribution in [0.3, 0.4) is 0 Å². The minimum absolute atomic E-state index is 0.301. The normalized spacial score (nSPS) is 11.3. The zero-order valence-corrected chi connectivity index (χ0v) is 18.8. The Hall–Kier alpha value is -3.51. The fraction of sp³-hybridized carbons (Fsp3) is 0.200. The topological polar surface area (TPSA) is 79.5 Å². The van der Waals surface area contributed by atoms with Gasteiger partial charge in [0.1, 0.15) is 11.8 Å².